The van der Waals surface area contributed by atoms with Crippen molar-refractivity contribution in [3.05, 3.63) is 29.3 Å². The van der Waals surface area contributed by atoms with Gasteiger partial charge in [0.15, 0.2) is 0 Å². The summed E-state index contributed by atoms with van der Waals surface area (Å²) >= 11 is 8.84. The number of aromatic nitrogens is 1. The topological polar surface area (TPSA) is 34.6 Å². The van der Waals surface area contributed by atoms with Crippen LogP contribution in [-0.2, 0) is 5.75 Å². The standard InChI is InChI=1S/C17H20N2O2S3/c1-20-13-5-6-14(15(9-13)21-2)16-18-12(10-23-16)11-24-17(22)19-7-3-4-8-19/h5-6,9-10H,3-4,7-8,11H2,1-2H3. The monoisotopic (exact) mass is 380 g/mol. The first kappa shape index (κ1) is 17.5. The molecule has 24 heavy (non-hydrogen) atoms. The molecule has 0 amide bonds. The number of ether oxygens (including phenoxy) is 2. The van der Waals surface area contributed by atoms with Crippen molar-refractivity contribution in [3.8, 4) is 22.1 Å². The van der Waals surface area contributed by atoms with Crippen LogP contribution in [0.4, 0.5) is 0 Å². The molecule has 1 fully saturated rings. The molecule has 0 saturated carbocycles. The molecule has 0 atom stereocenters. The van der Waals surface area contributed by atoms with Gasteiger partial charge in [-0.15, -0.1) is 11.3 Å². The van der Waals surface area contributed by atoms with Crippen molar-refractivity contribution in [2.75, 3.05) is 27.3 Å². The van der Waals surface area contributed by atoms with E-state index in [1.165, 1.54) is 12.8 Å². The molecule has 128 valence electrons. The maximum absolute atomic E-state index is 5.51. The van der Waals surface area contributed by atoms with Gasteiger partial charge in [0.25, 0.3) is 0 Å². The van der Waals surface area contributed by atoms with E-state index >= 15 is 0 Å². The van der Waals surface area contributed by atoms with Crippen LogP contribution < -0.4 is 9.47 Å². The maximum atomic E-state index is 5.51. The highest BCUT2D eigenvalue weighted by molar-refractivity contribution is 8.22. The van der Waals surface area contributed by atoms with Gasteiger partial charge in [0.2, 0.25) is 0 Å². The Morgan fingerprint density at radius 1 is 1.29 bits per heavy atom. The minimum absolute atomic E-state index is 0.774. The van der Waals surface area contributed by atoms with Gasteiger partial charge in [-0.2, -0.15) is 0 Å². The molecule has 1 aromatic heterocycles. The molecule has 1 aliphatic heterocycles. The quantitative estimate of drug-likeness (QED) is 0.714. The zero-order valence-electron chi connectivity index (χ0n) is 13.8. The minimum Gasteiger partial charge on any atom is -0.497 e. The summed E-state index contributed by atoms with van der Waals surface area (Å²) in [5.41, 5.74) is 2.04. The van der Waals surface area contributed by atoms with E-state index in [0.717, 1.165) is 50.9 Å². The Morgan fingerprint density at radius 3 is 2.79 bits per heavy atom. The fourth-order valence-electron chi connectivity index (χ4n) is 2.60. The van der Waals surface area contributed by atoms with Gasteiger partial charge in [-0.25, -0.2) is 4.98 Å². The summed E-state index contributed by atoms with van der Waals surface area (Å²) in [6.45, 7) is 2.19. The van der Waals surface area contributed by atoms with Crippen molar-refractivity contribution in [2.45, 2.75) is 18.6 Å². The Bertz CT molecular complexity index is 712. The SMILES string of the molecule is COc1ccc(-c2nc(CSC(=S)N3CCCC3)cs2)c(OC)c1. The Morgan fingerprint density at radius 2 is 2.08 bits per heavy atom. The summed E-state index contributed by atoms with van der Waals surface area (Å²) in [6.07, 6.45) is 2.50. The number of thiazole rings is 1. The fraction of sp³-hybridized carbons (Fsp3) is 0.412. The Labute approximate surface area is 156 Å². The summed E-state index contributed by atoms with van der Waals surface area (Å²) < 4.78 is 11.7. The maximum Gasteiger partial charge on any atom is 0.136 e. The lowest BCUT2D eigenvalue weighted by atomic mass is 10.2. The predicted octanol–water partition coefficient (Wildman–Crippen LogP) is 4.44. The summed E-state index contributed by atoms with van der Waals surface area (Å²) in [6, 6.07) is 5.80. The van der Waals surface area contributed by atoms with Crippen molar-refractivity contribution in [2.24, 2.45) is 0 Å². The third kappa shape index (κ3) is 4.02. The van der Waals surface area contributed by atoms with Crippen LogP contribution in [0.15, 0.2) is 23.6 Å². The molecular formula is C17H20N2O2S3. The molecule has 0 spiro atoms. The average molecular weight is 381 g/mol. The normalized spacial score (nSPS) is 14.0. The van der Waals surface area contributed by atoms with Crippen molar-refractivity contribution in [3.63, 3.8) is 0 Å². The number of thioether (sulfide) groups is 1. The summed E-state index contributed by atoms with van der Waals surface area (Å²) in [5.74, 6) is 2.36. The minimum atomic E-state index is 0.774. The fourth-order valence-corrected chi connectivity index (χ4v) is 4.70. The lowest BCUT2D eigenvalue weighted by Gasteiger charge is -2.16. The van der Waals surface area contributed by atoms with Crippen molar-refractivity contribution in [1.82, 2.24) is 9.88 Å². The average Bonchev–Trinajstić information content (AvgIpc) is 3.30. The van der Waals surface area contributed by atoms with Gasteiger partial charge in [-0.1, -0.05) is 24.0 Å². The van der Waals surface area contributed by atoms with E-state index in [0.29, 0.717) is 0 Å². The molecular weight excluding hydrogens is 360 g/mol. The van der Waals surface area contributed by atoms with Gasteiger partial charge in [0, 0.05) is 30.3 Å². The molecule has 7 heteroatoms. The molecule has 1 aliphatic rings. The number of hydrogen-bond acceptors (Lipinski definition) is 6. The lowest BCUT2D eigenvalue weighted by molar-refractivity contribution is 0.395. The summed E-state index contributed by atoms with van der Waals surface area (Å²) in [7, 11) is 3.31. The van der Waals surface area contributed by atoms with Crippen molar-refractivity contribution < 1.29 is 9.47 Å². The first-order valence-electron chi connectivity index (χ1n) is 7.80. The predicted molar refractivity (Wildman–Crippen MR) is 105 cm³/mol. The third-order valence-electron chi connectivity index (χ3n) is 3.90. The molecule has 2 heterocycles. The van der Waals surface area contributed by atoms with Crippen LogP contribution in [0.25, 0.3) is 10.6 Å². The molecule has 3 rings (SSSR count). The van der Waals surface area contributed by atoms with Crippen molar-refractivity contribution >= 4 is 39.6 Å². The largest absolute Gasteiger partial charge is 0.497 e. The van der Waals surface area contributed by atoms with Crippen LogP contribution in [0, 0.1) is 0 Å². The molecule has 4 nitrogen and oxygen atoms in total. The van der Waals surface area contributed by atoms with E-state index in [1.54, 1.807) is 37.3 Å². The van der Waals surface area contributed by atoms with Gasteiger partial charge < -0.3 is 14.4 Å². The Kier molecular flexibility index (Phi) is 5.97. The Balaban J connectivity index is 1.68. The molecule has 0 unspecified atom stereocenters. The molecule has 0 radical (unpaired) electrons. The van der Waals surface area contributed by atoms with Gasteiger partial charge in [0.05, 0.1) is 25.5 Å². The van der Waals surface area contributed by atoms with Gasteiger partial charge in [-0.05, 0) is 25.0 Å². The highest BCUT2D eigenvalue weighted by Gasteiger charge is 2.16. The number of methoxy groups -OCH3 is 2. The number of thiocarbonyl (C=S) groups is 1. The molecule has 0 N–H and O–H groups in total. The second kappa shape index (κ2) is 8.18. The van der Waals surface area contributed by atoms with E-state index in [9.17, 15) is 0 Å². The molecule has 1 aromatic carbocycles. The summed E-state index contributed by atoms with van der Waals surface area (Å²) in [5, 5.41) is 3.05. The van der Waals surface area contributed by atoms with E-state index < -0.39 is 0 Å². The van der Waals surface area contributed by atoms with Crippen LogP contribution in [-0.4, -0.2) is 41.5 Å². The van der Waals surface area contributed by atoms with Crippen LogP contribution >= 0.6 is 35.3 Å². The summed E-state index contributed by atoms with van der Waals surface area (Å²) in [4.78, 5) is 7.03. The van der Waals surface area contributed by atoms with Crippen molar-refractivity contribution in [1.29, 1.82) is 0 Å². The third-order valence-corrected chi connectivity index (χ3v) is 6.38. The van der Waals surface area contributed by atoms with Gasteiger partial charge in [0.1, 0.15) is 20.8 Å². The number of benzene rings is 1. The lowest BCUT2D eigenvalue weighted by Crippen LogP contribution is -2.23. The zero-order chi connectivity index (χ0) is 16.9. The zero-order valence-corrected chi connectivity index (χ0v) is 16.2. The molecule has 0 aliphatic carbocycles. The first-order chi connectivity index (χ1) is 11.7. The van der Waals surface area contributed by atoms with Crippen LogP contribution in [0.2, 0.25) is 0 Å². The van der Waals surface area contributed by atoms with E-state index in [-0.39, 0.29) is 0 Å². The van der Waals surface area contributed by atoms with Crippen LogP contribution in [0.1, 0.15) is 18.5 Å². The number of likely N-dealkylation sites (tertiary alicyclic amines) is 1. The molecule has 2 aromatic rings. The first-order valence-corrected chi connectivity index (χ1v) is 10.1. The van der Waals surface area contributed by atoms with E-state index in [4.69, 9.17) is 26.7 Å². The Hall–Kier alpha value is -1.31. The number of nitrogens with zero attached hydrogens (tertiary/aromatic N) is 2. The van der Waals surface area contributed by atoms with Gasteiger partial charge >= 0.3 is 0 Å². The second-order valence-corrected chi connectivity index (χ2v) is 7.93. The molecule has 1 saturated heterocycles. The highest BCUT2D eigenvalue weighted by atomic mass is 32.2. The molecule has 0 bridgehead atoms. The van der Waals surface area contributed by atoms with E-state index in [2.05, 4.69) is 10.3 Å². The second-order valence-electron chi connectivity index (χ2n) is 5.46. The number of rotatable bonds is 5. The van der Waals surface area contributed by atoms with Crippen LogP contribution in [0.3, 0.4) is 0 Å². The van der Waals surface area contributed by atoms with Crippen LogP contribution in [0.5, 0.6) is 11.5 Å². The van der Waals surface area contributed by atoms with Gasteiger partial charge in [-0.3, -0.25) is 0 Å². The highest BCUT2D eigenvalue weighted by Crippen LogP contribution is 2.35. The van der Waals surface area contributed by atoms with E-state index in [1.807, 2.05) is 18.2 Å². The number of hydrogen-bond donors (Lipinski definition) is 0. The smallest absolute Gasteiger partial charge is 0.136 e.